The number of hydrogen-bond acceptors (Lipinski definition) is 6. The maximum atomic E-state index is 11.0. The Kier molecular flexibility index (Phi) is 3.61. The van der Waals surface area contributed by atoms with Gasteiger partial charge in [-0.2, -0.15) is 0 Å². The molecule has 7 nitrogen and oxygen atoms in total. The molecule has 3 unspecified atom stereocenters. The van der Waals surface area contributed by atoms with Crippen LogP contribution in [0.5, 0.6) is 0 Å². The Balaban J connectivity index is 2.60. The van der Waals surface area contributed by atoms with Crippen molar-refractivity contribution >= 4 is 11.9 Å². The molecule has 1 rings (SSSR count). The molecule has 0 spiro atoms. The minimum Gasteiger partial charge on any atom is -0.480 e. The van der Waals surface area contributed by atoms with Crippen molar-refractivity contribution in [2.45, 2.75) is 31.6 Å². The Morgan fingerprint density at radius 2 is 2.13 bits per heavy atom. The molecule has 1 heterocycles. The van der Waals surface area contributed by atoms with E-state index in [1.807, 2.05) is 0 Å². The van der Waals surface area contributed by atoms with Crippen molar-refractivity contribution in [3.05, 3.63) is 0 Å². The van der Waals surface area contributed by atoms with Crippen LogP contribution in [0.25, 0.3) is 0 Å². The molecule has 86 valence electrons. The molecule has 1 fully saturated rings. The number of aliphatic hydroxyl groups excluding tert-OH is 2. The number of hydroxylamine groups is 2. The first-order valence-corrected chi connectivity index (χ1v) is 4.49. The number of carbonyl (C=O) groups is 2. The molecule has 15 heavy (non-hydrogen) atoms. The number of carboxylic acid groups (broad SMARTS) is 1. The zero-order chi connectivity index (χ0) is 11.6. The molecule has 1 aliphatic rings. The molecule has 0 saturated carbocycles. The second-order valence-electron chi connectivity index (χ2n) is 3.43. The Morgan fingerprint density at radius 1 is 1.53 bits per heavy atom. The highest BCUT2D eigenvalue weighted by Gasteiger charge is 2.39. The number of aliphatic carboxylic acids is 1. The van der Waals surface area contributed by atoms with Crippen LogP contribution in [0.4, 0.5) is 0 Å². The number of carbonyl (C=O) groups excluding carboxylic acids is 1. The van der Waals surface area contributed by atoms with Crippen molar-refractivity contribution in [3.8, 4) is 0 Å². The van der Waals surface area contributed by atoms with E-state index in [9.17, 15) is 14.7 Å². The van der Waals surface area contributed by atoms with Gasteiger partial charge < -0.3 is 20.2 Å². The Bertz CT molecular complexity index is 266. The molecule has 3 N–H and O–H groups in total. The van der Waals surface area contributed by atoms with Crippen LogP contribution < -0.4 is 0 Å². The van der Waals surface area contributed by atoms with Gasteiger partial charge in [-0.15, -0.1) is 5.06 Å². The first-order chi connectivity index (χ1) is 6.91. The van der Waals surface area contributed by atoms with Crippen LogP contribution >= 0.6 is 0 Å². The lowest BCUT2D eigenvalue weighted by Gasteiger charge is -2.20. The minimum absolute atomic E-state index is 0.00240. The molecule has 7 heteroatoms. The summed E-state index contributed by atoms with van der Waals surface area (Å²) >= 11 is 0. The summed E-state index contributed by atoms with van der Waals surface area (Å²) in [4.78, 5) is 26.3. The molecule has 1 saturated heterocycles. The van der Waals surface area contributed by atoms with Crippen LogP contribution in [0.15, 0.2) is 0 Å². The summed E-state index contributed by atoms with van der Waals surface area (Å²) in [6.45, 7) is 1.15. The van der Waals surface area contributed by atoms with E-state index in [0.717, 1.165) is 5.06 Å². The van der Waals surface area contributed by atoms with Crippen LogP contribution in [0, 0.1) is 0 Å². The van der Waals surface area contributed by atoms with Gasteiger partial charge in [-0.1, -0.05) is 0 Å². The number of carboxylic acids is 1. The van der Waals surface area contributed by atoms with E-state index in [-0.39, 0.29) is 13.0 Å². The highest BCUT2D eigenvalue weighted by atomic mass is 16.7. The van der Waals surface area contributed by atoms with Crippen LogP contribution in [-0.2, 0) is 14.4 Å². The third kappa shape index (κ3) is 2.88. The van der Waals surface area contributed by atoms with Crippen molar-refractivity contribution < 1.29 is 29.7 Å². The normalized spacial score (nSPS) is 28.7. The molecule has 0 radical (unpaired) electrons. The zero-order valence-corrected chi connectivity index (χ0v) is 8.16. The van der Waals surface area contributed by atoms with Crippen LogP contribution in [-0.4, -0.2) is 57.1 Å². The first-order valence-electron chi connectivity index (χ1n) is 4.49. The summed E-state index contributed by atoms with van der Waals surface area (Å²) in [7, 11) is 0. The fourth-order valence-corrected chi connectivity index (χ4v) is 1.30. The predicted octanol–water partition coefficient (Wildman–Crippen LogP) is -1.65. The lowest BCUT2D eigenvalue weighted by Crippen LogP contribution is -2.39. The summed E-state index contributed by atoms with van der Waals surface area (Å²) in [6, 6.07) is -1.05. The van der Waals surface area contributed by atoms with E-state index in [1.165, 1.54) is 6.92 Å². The minimum atomic E-state index is -1.32. The fraction of sp³-hybridized carbons (Fsp3) is 0.750. The highest BCUT2D eigenvalue weighted by molar-refractivity contribution is 5.76. The third-order valence-corrected chi connectivity index (χ3v) is 2.07. The predicted molar refractivity (Wildman–Crippen MR) is 46.5 cm³/mol. The van der Waals surface area contributed by atoms with Crippen molar-refractivity contribution in [2.24, 2.45) is 0 Å². The summed E-state index contributed by atoms with van der Waals surface area (Å²) in [6.07, 6.45) is -2.16. The van der Waals surface area contributed by atoms with Gasteiger partial charge in [-0.3, -0.25) is 4.79 Å². The van der Waals surface area contributed by atoms with Crippen LogP contribution in [0.2, 0.25) is 0 Å². The average molecular weight is 219 g/mol. The number of rotatable bonds is 3. The van der Waals surface area contributed by atoms with E-state index < -0.39 is 30.2 Å². The van der Waals surface area contributed by atoms with Gasteiger partial charge in [0.1, 0.15) is 6.04 Å². The number of β-amino-alcohol motifs (C(OH)–C–C–N with tert-alkyl or cyclic N) is 1. The number of nitrogens with zero attached hydrogens (tertiary/aromatic N) is 1. The summed E-state index contributed by atoms with van der Waals surface area (Å²) in [5, 5.41) is 27.7. The molecule has 3 atom stereocenters. The van der Waals surface area contributed by atoms with E-state index in [1.54, 1.807) is 0 Å². The topological polar surface area (TPSA) is 107 Å². The van der Waals surface area contributed by atoms with Crippen molar-refractivity contribution in [2.75, 3.05) is 6.54 Å². The largest absolute Gasteiger partial charge is 0.480 e. The molecule has 0 amide bonds. The Morgan fingerprint density at radius 3 is 2.60 bits per heavy atom. The van der Waals surface area contributed by atoms with Crippen molar-refractivity contribution in [3.63, 3.8) is 0 Å². The van der Waals surface area contributed by atoms with E-state index >= 15 is 0 Å². The van der Waals surface area contributed by atoms with Gasteiger partial charge in [-0.05, 0) is 6.92 Å². The Labute approximate surface area is 85.8 Å². The van der Waals surface area contributed by atoms with Crippen molar-refractivity contribution in [1.82, 2.24) is 5.06 Å². The molecule has 0 aromatic heterocycles. The zero-order valence-electron chi connectivity index (χ0n) is 8.16. The van der Waals surface area contributed by atoms with Gasteiger partial charge in [0.05, 0.1) is 12.6 Å². The molecule has 0 aromatic rings. The van der Waals surface area contributed by atoms with E-state index in [2.05, 4.69) is 4.84 Å². The molecular formula is C8H13NO6. The van der Waals surface area contributed by atoms with E-state index in [4.69, 9.17) is 10.2 Å². The average Bonchev–Trinajstić information content (AvgIpc) is 2.46. The van der Waals surface area contributed by atoms with E-state index in [0.29, 0.717) is 0 Å². The highest BCUT2D eigenvalue weighted by Crippen LogP contribution is 2.18. The van der Waals surface area contributed by atoms with Gasteiger partial charge in [0.2, 0.25) is 0 Å². The molecular weight excluding hydrogens is 206 g/mol. The van der Waals surface area contributed by atoms with Gasteiger partial charge >= 0.3 is 11.9 Å². The third-order valence-electron chi connectivity index (χ3n) is 2.07. The molecule has 1 aliphatic heterocycles. The second kappa shape index (κ2) is 4.56. The van der Waals surface area contributed by atoms with Crippen LogP contribution in [0.3, 0.4) is 0 Å². The number of hydrogen-bond donors (Lipinski definition) is 3. The quantitative estimate of drug-likeness (QED) is 0.521. The second-order valence-corrected chi connectivity index (χ2v) is 3.43. The monoisotopic (exact) mass is 219 g/mol. The van der Waals surface area contributed by atoms with Gasteiger partial charge in [-0.25, -0.2) is 4.79 Å². The smallest absolute Gasteiger partial charge is 0.353 e. The standard InChI is InChI=1S/C8H13NO6/c1-4(10)8(14)15-9-3-5(11)2-6(9)7(12)13/h4-6,10-11H,2-3H2,1H3,(H,12,13). The SMILES string of the molecule is CC(O)C(=O)ON1CC(O)CC1C(=O)O. The lowest BCUT2D eigenvalue weighted by atomic mass is 10.2. The molecule has 0 aromatic carbocycles. The maximum Gasteiger partial charge on any atom is 0.353 e. The van der Waals surface area contributed by atoms with Gasteiger partial charge in [0.15, 0.2) is 6.10 Å². The Hall–Kier alpha value is -1.18. The summed E-state index contributed by atoms with van der Waals surface area (Å²) in [5.41, 5.74) is 0. The first kappa shape index (κ1) is 11.9. The summed E-state index contributed by atoms with van der Waals surface area (Å²) < 4.78 is 0. The maximum absolute atomic E-state index is 11.0. The van der Waals surface area contributed by atoms with Crippen molar-refractivity contribution in [1.29, 1.82) is 0 Å². The van der Waals surface area contributed by atoms with Crippen LogP contribution in [0.1, 0.15) is 13.3 Å². The lowest BCUT2D eigenvalue weighted by molar-refractivity contribution is -0.207. The molecule has 0 aliphatic carbocycles. The van der Waals surface area contributed by atoms with Gasteiger partial charge in [0.25, 0.3) is 0 Å². The summed E-state index contributed by atoms with van der Waals surface area (Å²) in [5.74, 6) is -2.11. The fourth-order valence-electron chi connectivity index (χ4n) is 1.30. The van der Waals surface area contributed by atoms with Gasteiger partial charge in [0, 0.05) is 6.42 Å². The molecule has 0 bridgehead atoms. The number of aliphatic hydroxyl groups is 2.